The van der Waals surface area contributed by atoms with Gasteiger partial charge in [0.05, 0.1) is 7.11 Å². The van der Waals surface area contributed by atoms with Crippen LogP contribution in [-0.4, -0.2) is 36.2 Å². The Morgan fingerprint density at radius 2 is 2.39 bits per heavy atom. The summed E-state index contributed by atoms with van der Waals surface area (Å²) < 4.78 is 10.3. The van der Waals surface area contributed by atoms with E-state index in [1.807, 2.05) is 18.2 Å². The summed E-state index contributed by atoms with van der Waals surface area (Å²) >= 11 is 2.08. The molecule has 0 spiro atoms. The number of benzene rings is 1. The quantitative estimate of drug-likeness (QED) is 0.491. The minimum Gasteiger partial charge on any atom is -0.488 e. The van der Waals surface area contributed by atoms with Crippen LogP contribution >= 0.6 is 22.6 Å². The number of methoxy groups -OCH3 is 1. The van der Waals surface area contributed by atoms with Crippen molar-refractivity contribution in [3.8, 4) is 5.75 Å². The molecule has 0 saturated carbocycles. The minimum atomic E-state index is -0.196. The van der Waals surface area contributed by atoms with E-state index in [4.69, 9.17) is 4.74 Å². The molecule has 1 N–H and O–H groups in total. The van der Waals surface area contributed by atoms with Crippen molar-refractivity contribution in [3.05, 3.63) is 29.8 Å². The third-order valence-electron chi connectivity index (χ3n) is 2.87. The molecule has 0 fully saturated rings. The van der Waals surface area contributed by atoms with Crippen LogP contribution in [0.3, 0.4) is 0 Å². The Labute approximate surface area is 120 Å². The van der Waals surface area contributed by atoms with E-state index in [2.05, 4.69) is 38.7 Å². The summed E-state index contributed by atoms with van der Waals surface area (Å²) in [5.74, 6) is 0.780. The zero-order chi connectivity index (χ0) is 13.0. The van der Waals surface area contributed by atoms with Gasteiger partial charge in [-0.3, -0.25) is 4.79 Å². The topological polar surface area (TPSA) is 47.6 Å². The predicted octanol–water partition coefficient (Wildman–Crippen LogP) is 1.56. The van der Waals surface area contributed by atoms with Crippen molar-refractivity contribution < 1.29 is 14.3 Å². The first-order valence-electron chi connectivity index (χ1n) is 5.88. The molecular weight excluding hydrogens is 345 g/mol. The van der Waals surface area contributed by atoms with Crippen LogP contribution in [0.5, 0.6) is 5.75 Å². The molecule has 1 aromatic rings. The average Bonchev–Trinajstić information content (AvgIpc) is 2.80. The predicted molar refractivity (Wildman–Crippen MR) is 77.3 cm³/mol. The summed E-state index contributed by atoms with van der Waals surface area (Å²) in [6.07, 6.45) is 1.08. The van der Waals surface area contributed by atoms with Crippen molar-refractivity contribution in [2.24, 2.45) is 0 Å². The van der Waals surface area contributed by atoms with Crippen molar-refractivity contribution in [2.75, 3.05) is 20.2 Å². The highest BCUT2D eigenvalue weighted by Crippen LogP contribution is 2.27. The van der Waals surface area contributed by atoms with E-state index in [9.17, 15) is 4.79 Å². The van der Waals surface area contributed by atoms with Crippen molar-refractivity contribution >= 4 is 28.6 Å². The van der Waals surface area contributed by atoms with E-state index in [0.717, 1.165) is 18.7 Å². The van der Waals surface area contributed by atoms with Crippen LogP contribution < -0.4 is 10.1 Å². The van der Waals surface area contributed by atoms with Crippen LogP contribution in [0, 0.1) is 0 Å². The second kappa shape index (κ2) is 6.38. The highest BCUT2D eigenvalue weighted by Gasteiger charge is 2.22. The number of carbonyl (C=O) groups is 1. The largest absolute Gasteiger partial charge is 0.488 e. The van der Waals surface area contributed by atoms with Crippen LogP contribution in [0.2, 0.25) is 0 Å². The number of para-hydroxylation sites is 1. The molecule has 18 heavy (non-hydrogen) atoms. The standard InChI is InChI=1S/C13H16INO3/c1-17-13(16)11(14)8-15-7-10-6-9-4-2-3-5-12(9)18-10/h2-5,10-11,15H,6-8H2,1H3. The first kappa shape index (κ1) is 13.6. The number of alkyl halides is 1. The maximum atomic E-state index is 11.2. The molecule has 98 valence electrons. The molecule has 2 atom stereocenters. The van der Waals surface area contributed by atoms with E-state index >= 15 is 0 Å². The molecule has 0 saturated heterocycles. The molecule has 4 nitrogen and oxygen atoms in total. The molecule has 1 heterocycles. The monoisotopic (exact) mass is 361 g/mol. The Morgan fingerprint density at radius 1 is 1.61 bits per heavy atom. The Hall–Kier alpha value is -0.820. The van der Waals surface area contributed by atoms with Gasteiger partial charge in [0.15, 0.2) is 0 Å². The number of halogens is 1. The highest BCUT2D eigenvalue weighted by atomic mass is 127. The number of fused-ring (bicyclic) bond motifs is 1. The molecular formula is C13H16INO3. The molecule has 1 aromatic carbocycles. The van der Waals surface area contributed by atoms with E-state index < -0.39 is 0 Å². The van der Waals surface area contributed by atoms with Crippen LogP contribution in [0.1, 0.15) is 5.56 Å². The lowest BCUT2D eigenvalue weighted by atomic mass is 10.1. The van der Waals surface area contributed by atoms with E-state index in [0.29, 0.717) is 6.54 Å². The number of rotatable bonds is 5. The fraction of sp³-hybridized carbons (Fsp3) is 0.462. The van der Waals surface area contributed by atoms with Gasteiger partial charge in [-0.2, -0.15) is 0 Å². The Balaban J connectivity index is 1.73. The molecule has 2 unspecified atom stereocenters. The van der Waals surface area contributed by atoms with Crippen LogP contribution in [-0.2, 0) is 16.0 Å². The third kappa shape index (κ3) is 3.35. The molecule has 0 aromatic heterocycles. The lowest BCUT2D eigenvalue weighted by Gasteiger charge is -2.13. The molecule has 1 aliphatic heterocycles. The van der Waals surface area contributed by atoms with Crippen LogP contribution in [0.25, 0.3) is 0 Å². The van der Waals surface area contributed by atoms with Gasteiger partial charge < -0.3 is 14.8 Å². The van der Waals surface area contributed by atoms with Crippen LogP contribution in [0.15, 0.2) is 24.3 Å². The maximum absolute atomic E-state index is 11.2. The molecule has 2 rings (SSSR count). The van der Waals surface area contributed by atoms with E-state index in [1.54, 1.807) is 0 Å². The Kier molecular flexibility index (Phi) is 4.82. The highest BCUT2D eigenvalue weighted by molar-refractivity contribution is 14.1. The summed E-state index contributed by atoms with van der Waals surface area (Å²) in [6.45, 7) is 1.34. The van der Waals surface area contributed by atoms with Crippen molar-refractivity contribution in [1.82, 2.24) is 5.32 Å². The summed E-state index contributed by atoms with van der Waals surface area (Å²) in [5.41, 5.74) is 1.25. The lowest BCUT2D eigenvalue weighted by Crippen LogP contribution is -2.36. The molecule has 0 aliphatic carbocycles. The second-order valence-corrected chi connectivity index (χ2v) is 5.70. The molecule has 1 aliphatic rings. The Morgan fingerprint density at radius 3 is 3.11 bits per heavy atom. The molecule has 0 radical (unpaired) electrons. The fourth-order valence-electron chi connectivity index (χ4n) is 1.95. The SMILES string of the molecule is COC(=O)C(I)CNCC1Cc2ccccc2O1. The van der Waals surface area contributed by atoms with Crippen molar-refractivity contribution in [3.63, 3.8) is 0 Å². The smallest absolute Gasteiger partial charge is 0.319 e. The lowest BCUT2D eigenvalue weighted by molar-refractivity contribution is -0.139. The summed E-state index contributed by atoms with van der Waals surface area (Å²) in [4.78, 5) is 11.2. The zero-order valence-corrected chi connectivity index (χ0v) is 12.3. The van der Waals surface area contributed by atoms with Gasteiger partial charge in [-0.05, 0) is 11.6 Å². The number of hydrogen-bond donors (Lipinski definition) is 1. The van der Waals surface area contributed by atoms with E-state index in [1.165, 1.54) is 12.7 Å². The molecule has 0 amide bonds. The summed E-state index contributed by atoms with van der Waals surface area (Å²) in [5, 5.41) is 3.24. The van der Waals surface area contributed by atoms with Gasteiger partial charge >= 0.3 is 5.97 Å². The maximum Gasteiger partial charge on any atom is 0.319 e. The van der Waals surface area contributed by atoms with Gasteiger partial charge in [-0.15, -0.1) is 0 Å². The van der Waals surface area contributed by atoms with Gasteiger partial charge in [0, 0.05) is 19.5 Å². The molecule has 5 heteroatoms. The number of ether oxygens (including phenoxy) is 2. The van der Waals surface area contributed by atoms with Gasteiger partial charge in [0.2, 0.25) is 0 Å². The number of esters is 1. The third-order valence-corrected chi connectivity index (χ3v) is 3.82. The van der Waals surface area contributed by atoms with Crippen molar-refractivity contribution in [1.29, 1.82) is 0 Å². The summed E-state index contributed by atoms with van der Waals surface area (Å²) in [6, 6.07) is 8.08. The normalized spacial score (nSPS) is 18.9. The number of nitrogens with one attached hydrogen (secondary N) is 1. The number of carbonyl (C=O) groups excluding carboxylic acids is 1. The van der Waals surface area contributed by atoms with Crippen LogP contribution in [0.4, 0.5) is 0 Å². The van der Waals surface area contributed by atoms with Gasteiger partial charge in [-0.1, -0.05) is 40.8 Å². The number of hydrogen-bond acceptors (Lipinski definition) is 4. The van der Waals surface area contributed by atoms with Gasteiger partial charge in [0.1, 0.15) is 15.8 Å². The zero-order valence-electron chi connectivity index (χ0n) is 10.2. The van der Waals surface area contributed by atoms with E-state index in [-0.39, 0.29) is 16.0 Å². The van der Waals surface area contributed by atoms with Crippen molar-refractivity contribution in [2.45, 2.75) is 16.4 Å². The first-order chi connectivity index (χ1) is 8.70. The summed E-state index contributed by atoms with van der Waals surface area (Å²) in [7, 11) is 1.41. The average molecular weight is 361 g/mol. The minimum absolute atomic E-state index is 0.156. The Bertz CT molecular complexity index is 399. The van der Waals surface area contributed by atoms with Gasteiger partial charge in [0.25, 0.3) is 0 Å². The van der Waals surface area contributed by atoms with Gasteiger partial charge in [-0.25, -0.2) is 0 Å². The fourth-order valence-corrected chi connectivity index (χ4v) is 2.52. The second-order valence-electron chi connectivity index (χ2n) is 4.20. The molecule has 0 bridgehead atoms. The first-order valence-corrected chi connectivity index (χ1v) is 7.12.